The highest BCUT2D eigenvalue weighted by atomic mass is 16.5. The number of ketones is 1. The van der Waals surface area contributed by atoms with Gasteiger partial charge in [0.15, 0.2) is 5.78 Å². The van der Waals surface area contributed by atoms with Gasteiger partial charge >= 0.3 is 5.97 Å². The van der Waals surface area contributed by atoms with Crippen molar-refractivity contribution in [3.8, 4) is 0 Å². The molecule has 0 aromatic rings. The summed E-state index contributed by atoms with van der Waals surface area (Å²) in [5, 5.41) is 0. The first-order chi connectivity index (χ1) is 8.46. The van der Waals surface area contributed by atoms with E-state index >= 15 is 0 Å². The molecule has 0 aromatic carbocycles. The first-order valence-corrected chi connectivity index (χ1v) is 6.72. The van der Waals surface area contributed by atoms with Crippen LogP contribution in [0.15, 0.2) is 0 Å². The fourth-order valence-corrected chi connectivity index (χ4v) is 1.94. The molecule has 2 atom stereocenters. The van der Waals surface area contributed by atoms with E-state index in [0.29, 0.717) is 19.4 Å². The van der Waals surface area contributed by atoms with Gasteiger partial charge in [-0.3, -0.25) is 9.59 Å². The summed E-state index contributed by atoms with van der Waals surface area (Å²) in [7, 11) is 1.32. The van der Waals surface area contributed by atoms with Gasteiger partial charge < -0.3 is 9.47 Å². The van der Waals surface area contributed by atoms with Crippen LogP contribution < -0.4 is 0 Å². The number of rotatable bonds is 9. The number of carbonyl (C=O) groups is 2. The monoisotopic (exact) mass is 258 g/mol. The van der Waals surface area contributed by atoms with Gasteiger partial charge in [-0.2, -0.15) is 0 Å². The Morgan fingerprint density at radius 1 is 1.22 bits per heavy atom. The van der Waals surface area contributed by atoms with Crippen LogP contribution in [0.25, 0.3) is 0 Å². The molecular formula is C14H26O4. The van der Waals surface area contributed by atoms with Crippen LogP contribution in [0.4, 0.5) is 0 Å². The molecule has 0 spiro atoms. The van der Waals surface area contributed by atoms with Crippen LogP contribution in [-0.4, -0.2) is 31.1 Å². The molecule has 2 unspecified atom stereocenters. The number of ether oxygens (including phenoxy) is 2. The molecule has 0 saturated carbocycles. The van der Waals surface area contributed by atoms with E-state index in [1.807, 2.05) is 20.8 Å². The molecule has 0 aliphatic carbocycles. The summed E-state index contributed by atoms with van der Waals surface area (Å²) in [5.74, 6) is -1.31. The molecule has 0 saturated heterocycles. The first kappa shape index (κ1) is 17.1. The lowest BCUT2D eigenvalue weighted by Crippen LogP contribution is -2.44. The Morgan fingerprint density at radius 3 is 2.22 bits per heavy atom. The van der Waals surface area contributed by atoms with Crippen molar-refractivity contribution in [2.75, 3.05) is 13.7 Å². The minimum Gasteiger partial charge on any atom is -0.468 e. The second-order valence-corrected chi connectivity index (χ2v) is 4.60. The molecule has 0 amide bonds. The van der Waals surface area contributed by atoms with Crippen LogP contribution in [-0.2, 0) is 19.1 Å². The van der Waals surface area contributed by atoms with Crippen molar-refractivity contribution >= 4 is 11.8 Å². The Morgan fingerprint density at radius 2 is 1.83 bits per heavy atom. The quantitative estimate of drug-likeness (QED) is 0.471. The second kappa shape index (κ2) is 8.25. The number of esters is 1. The van der Waals surface area contributed by atoms with Gasteiger partial charge in [-0.1, -0.05) is 26.7 Å². The zero-order valence-electron chi connectivity index (χ0n) is 12.2. The maximum Gasteiger partial charge on any atom is 0.316 e. The Balaban J connectivity index is 4.96. The van der Waals surface area contributed by atoms with E-state index in [9.17, 15) is 9.59 Å². The third kappa shape index (κ3) is 4.41. The molecule has 106 valence electrons. The molecule has 0 fully saturated rings. The Labute approximate surface area is 110 Å². The summed E-state index contributed by atoms with van der Waals surface area (Å²) in [6, 6.07) is 0. The standard InChI is InChI=1S/C14H26O4/c1-6-9-10-11(13(16)17-5)12(15)14(4,7-2)18-8-3/h11H,6-10H2,1-5H3. The van der Waals surface area contributed by atoms with E-state index in [1.54, 1.807) is 6.92 Å². The summed E-state index contributed by atoms with van der Waals surface area (Å²) in [5.41, 5.74) is -0.888. The van der Waals surface area contributed by atoms with Crippen LogP contribution in [0.2, 0.25) is 0 Å². The van der Waals surface area contributed by atoms with Gasteiger partial charge in [0, 0.05) is 6.61 Å². The maximum atomic E-state index is 12.5. The van der Waals surface area contributed by atoms with Crippen molar-refractivity contribution in [1.82, 2.24) is 0 Å². The third-order valence-corrected chi connectivity index (χ3v) is 3.31. The molecule has 0 aromatic heterocycles. The summed E-state index contributed by atoms with van der Waals surface area (Å²) in [6.07, 6.45) is 2.86. The highest BCUT2D eigenvalue weighted by Gasteiger charge is 2.40. The summed E-state index contributed by atoms with van der Waals surface area (Å²) in [6.45, 7) is 7.97. The number of carbonyl (C=O) groups excluding carboxylic acids is 2. The van der Waals surface area contributed by atoms with Crippen molar-refractivity contribution in [2.24, 2.45) is 5.92 Å². The van der Waals surface area contributed by atoms with Gasteiger partial charge in [0.1, 0.15) is 11.5 Å². The van der Waals surface area contributed by atoms with E-state index in [0.717, 1.165) is 12.8 Å². The van der Waals surface area contributed by atoms with E-state index in [4.69, 9.17) is 9.47 Å². The Kier molecular flexibility index (Phi) is 7.83. The zero-order chi connectivity index (χ0) is 14.2. The molecule has 0 aliphatic rings. The number of hydrogen-bond donors (Lipinski definition) is 0. The Hall–Kier alpha value is -0.900. The van der Waals surface area contributed by atoms with Gasteiger partial charge in [-0.05, 0) is 26.7 Å². The molecule has 0 rings (SSSR count). The van der Waals surface area contributed by atoms with Crippen molar-refractivity contribution in [2.45, 2.75) is 59.0 Å². The van der Waals surface area contributed by atoms with Crippen molar-refractivity contribution in [3.05, 3.63) is 0 Å². The molecular weight excluding hydrogens is 232 g/mol. The smallest absolute Gasteiger partial charge is 0.316 e. The average molecular weight is 258 g/mol. The van der Waals surface area contributed by atoms with Crippen molar-refractivity contribution < 1.29 is 19.1 Å². The second-order valence-electron chi connectivity index (χ2n) is 4.60. The van der Waals surface area contributed by atoms with Crippen LogP contribution in [0.5, 0.6) is 0 Å². The molecule has 0 bridgehead atoms. The Bertz CT molecular complexity index is 275. The summed E-state index contributed by atoms with van der Waals surface area (Å²) >= 11 is 0. The van der Waals surface area contributed by atoms with E-state index in [-0.39, 0.29) is 5.78 Å². The molecule has 18 heavy (non-hydrogen) atoms. The minimum atomic E-state index is -0.888. The molecule has 0 N–H and O–H groups in total. The topological polar surface area (TPSA) is 52.6 Å². The maximum absolute atomic E-state index is 12.5. The highest BCUT2D eigenvalue weighted by molar-refractivity contribution is 6.03. The number of hydrogen-bond acceptors (Lipinski definition) is 4. The van der Waals surface area contributed by atoms with Crippen LogP contribution in [0, 0.1) is 5.92 Å². The fourth-order valence-electron chi connectivity index (χ4n) is 1.94. The third-order valence-electron chi connectivity index (χ3n) is 3.31. The van der Waals surface area contributed by atoms with Gasteiger partial charge in [0.2, 0.25) is 0 Å². The molecule has 4 nitrogen and oxygen atoms in total. The first-order valence-electron chi connectivity index (χ1n) is 6.72. The van der Waals surface area contributed by atoms with Gasteiger partial charge in [0.25, 0.3) is 0 Å². The predicted octanol–water partition coefficient (Wildman–Crippen LogP) is 2.74. The minimum absolute atomic E-state index is 0.160. The molecule has 0 radical (unpaired) electrons. The van der Waals surface area contributed by atoms with Gasteiger partial charge in [0.05, 0.1) is 7.11 Å². The normalized spacial score (nSPS) is 15.8. The number of methoxy groups -OCH3 is 1. The predicted molar refractivity (Wildman–Crippen MR) is 70.4 cm³/mol. The summed E-state index contributed by atoms with van der Waals surface area (Å²) < 4.78 is 10.3. The molecule has 0 heterocycles. The largest absolute Gasteiger partial charge is 0.468 e. The van der Waals surface area contributed by atoms with E-state index < -0.39 is 17.5 Å². The highest BCUT2D eigenvalue weighted by Crippen LogP contribution is 2.25. The zero-order valence-corrected chi connectivity index (χ0v) is 12.2. The van der Waals surface area contributed by atoms with Crippen molar-refractivity contribution in [1.29, 1.82) is 0 Å². The number of unbranched alkanes of at least 4 members (excludes halogenated alkanes) is 1. The lowest BCUT2D eigenvalue weighted by atomic mass is 9.85. The van der Waals surface area contributed by atoms with Gasteiger partial charge in [-0.15, -0.1) is 0 Å². The van der Waals surface area contributed by atoms with Crippen LogP contribution in [0.1, 0.15) is 53.4 Å². The lowest BCUT2D eigenvalue weighted by Gasteiger charge is -2.29. The molecule has 0 aliphatic heterocycles. The molecule has 4 heteroatoms. The fraction of sp³-hybridized carbons (Fsp3) is 0.857. The summed E-state index contributed by atoms with van der Waals surface area (Å²) in [4.78, 5) is 24.2. The average Bonchev–Trinajstić information content (AvgIpc) is 2.38. The number of Topliss-reactive ketones (excluding diaryl/α,β-unsaturated/α-hetero) is 1. The van der Waals surface area contributed by atoms with Gasteiger partial charge in [-0.25, -0.2) is 0 Å². The SMILES string of the molecule is CCCCC(C(=O)OC)C(=O)C(C)(CC)OCC. The van der Waals surface area contributed by atoms with Crippen molar-refractivity contribution in [3.63, 3.8) is 0 Å². The van der Waals surface area contributed by atoms with Crippen LogP contribution >= 0.6 is 0 Å². The lowest BCUT2D eigenvalue weighted by molar-refractivity contribution is -0.159. The van der Waals surface area contributed by atoms with E-state index in [2.05, 4.69) is 0 Å². The van der Waals surface area contributed by atoms with E-state index in [1.165, 1.54) is 7.11 Å². The van der Waals surface area contributed by atoms with Crippen LogP contribution in [0.3, 0.4) is 0 Å².